The van der Waals surface area contributed by atoms with Crippen LogP contribution in [0.15, 0.2) is 22.7 Å². The molecule has 1 amide bonds. The van der Waals surface area contributed by atoms with Crippen molar-refractivity contribution in [2.24, 2.45) is 0 Å². The number of benzene rings is 1. The van der Waals surface area contributed by atoms with Gasteiger partial charge in [0.2, 0.25) is 0 Å². The molecule has 94 valence electrons. The van der Waals surface area contributed by atoms with Crippen LogP contribution >= 0.6 is 31.9 Å². The summed E-state index contributed by atoms with van der Waals surface area (Å²) in [4.78, 5) is 11.9. The summed E-state index contributed by atoms with van der Waals surface area (Å²) in [5.74, 6) is -0.910. The lowest BCUT2D eigenvalue weighted by Crippen LogP contribution is -2.43. The number of carbonyl (C=O) groups excluding carboxylic acids is 1. The maximum atomic E-state index is 13.6. The first-order valence-corrected chi connectivity index (χ1v) is 7.11. The van der Waals surface area contributed by atoms with E-state index in [1.54, 1.807) is 6.07 Å². The van der Waals surface area contributed by atoms with E-state index in [0.29, 0.717) is 4.47 Å². The zero-order valence-corrected chi connectivity index (χ0v) is 12.9. The standard InChI is InChI=1S/C12H14Br2FNO/c1-12(2,5-6-13)16-11(17)9-4-3-8(14)7-10(9)15/h3-4,7H,5-6H2,1-2H3,(H,16,17). The van der Waals surface area contributed by atoms with Gasteiger partial charge in [-0.2, -0.15) is 0 Å². The third-order valence-corrected chi connectivity index (χ3v) is 3.24. The largest absolute Gasteiger partial charge is 0.347 e. The minimum absolute atomic E-state index is 0.0656. The fourth-order valence-corrected chi connectivity index (χ4v) is 2.67. The first kappa shape index (κ1) is 14.6. The van der Waals surface area contributed by atoms with E-state index < -0.39 is 5.82 Å². The molecule has 0 aliphatic rings. The van der Waals surface area contributed by atoms with Gasteiger partial charge in [-0.1, -0.05) is 31.9 Å². The normalized spacial score (nSPS) is 11.4. The lowest BCUT2D eigenvalue weighted by molar-refractivity contribution is 0.0907. The molecule has 1 aromatic rings. The Bertz CT molecular complexity index is 421. The molecule has 0 radical (unpaired) electrons. The van der Waals surface area contributed by atoms with Crippen molar-refractivity contribution in [3.63, 3.8) is 0 Å². The minimum atomic E-state index is -0.522. The highest BCUT2D eigenvalue weighted by Gasteiger charge is 2.22. The Morgan fingerprint density at radius 3 is 2.65 bits per heavy atom. The van der Waals surface area contributed by atoms with Crippen LogP contribution in [0.2, 0.25) is 0 Å². The Hall–Kier alpha value is -0.420. The summed E-state index contributed by atoms with van der Waals surface area (Å²) in [6, 6.07) is 4.40. The van der Waals surface area contributed by atoms with Crippen molar-refractivity contribution in [3.8, 4) is 0 Å². The number of carbonyl (C=O) groups is 1. The van der Waals surface area contributed by atoms with Gasteiger partial charge in [0.1, 0.15) is 5.82 Å². The van der Waals surface area contributed by atoms with Gasteiger partial charge < -0.3 is 5.32 Å². The zero-order chi connectivity index (χ0) is 13.1. The monoisotopic (exact) mass is 365 g/mol. The van der Waals surface area contributed by atoms with E-state index >= 15 is 0 Å². The van der Waals surface area contributed by atoms with E-state index in [1.807, 2.05) is 13.8 Å². The van der Waals surface area contributed by atoms with Gasteiger partial charge in [0.05, 0.1) is 5.56 Å². The number of amides is 1. The maximum Gasteiger partial charge on any atom is 0.254 e. The molecule has 2 nitrogen and oxygen atoms in total. The van der Waals surface area contributed by atoms with Crippen LogP contribution in [0.4, 0.5) is 4.39 Å². The van der Waals surface area contributed by atoms with Crippen molar-refractivity contribution in [1.82, 2.24) is 5.32 Å². The van der Waals surface area contributed by atoms with Gasteiger partial charge in [-0.3, -0.25) is 4.79 Å². The summed E-state index contributed by atoms with van der Waals surface area (Å²) in [5.41, 5.74) is -0.295. The van der Waals surface area contributed by atoms with Gasteiger partial charge >= 0.3 is 0 Å². The molecule has 1 aromatic carbocycles. The predicted molar refractivity (Wildman–Crippen MR) is 74.1 cm³/mol. The van der Waals surface area contributed by atoms with Crippen molar-refractivity contribution < 1.29 is 9.18 Å². The Morgan fingerprint density at radius 2 is 2.12 bits per heavy atom. The fraction of sp³-hybridized carbons (Fsp3) is 0.417. The molecule has 0 atom stereocenters. The van der Waals surface area contributed by atoms with Crippen LogP contribution in [0.1, 0.15) is 30.6 Å². The second-order valence-corrected chi connectivity index (χ2v) is 6.11. The number of alkyl halides is 1. The van der Waals surface area contributed by atoms with Crippen molar-refractivity contribution in [3.05, 3.63) is 34.1 Å². The van der Waals surface area contributed by atoms with E-state index in [2.05, 4.69) is 37.2 Å². The van der Waals surface area contributed by atoms with Crippen LogP contribution in [0, 0.1) is 5.82 Å². The van der Waals surface area contributed by atoms with Gasteiger partial charge in [0.25, 0.3) is 5.91 Å². The van der Waals surface area contributed by atoms with Crippen molar-refractivity contribution in [2.45, 2.75) is 25.8 Å². The van der Waals surface area contributed by atoms with Crippen LogP contribution in [0.3, 0.4) is 0 Å². The second kappa shape index (κ2) is 5.96. The van der Waals surface area contributed by atoms with Crippen LogP contribution < -0.4 is 5.32 Å². The molecule has 0 aliphatic heterocycles. The highest BCUT2D eigenvalue weighted by molar-refractivity contribution is 9.10. The first-order valence-electron chi connectivity index (χ1n) is 5.19. The lowest BCUT2D eigenvalue weighted by Gasteiger charge is -2.25. The van der Waals surface area contributed by atoms with Gasteiger partial charge in [0.15, 0.2) is 0 Å². The highest BCUT2D eigenvalue weighted by Crippen LogP contribution is 2.17. The van der Waals surface area contributed by atoms with E-state index in [4.69, 9.17) is 0 Å². The third-order valence-electron chi connectivity index (χ3n) is 2.35. The molecule has 0 saturated carbocycles. The highest BCUT2D eigenvalue weighted by atomic mass is 79.9. The van der Waals surface area contributed by atoms with Gasteiger partial charge in [-0.15, -0.1) is 0 Å². The molecule has 5 heteroatoms. The summed E-state index contributed by atoms with van der Waals surface area (Å²) in [6.07, 6.45) is 0.775. The zero-order valence-electron chi connectivity index (χ0n) is 9.69. The van der Waals surface area contributed by atoms with Gasteiger partial charge in [0, 0.05) is 15.3 Å². The summed E-state index contributed by atoms with van der Waals surface area (Å²) >= 11 is 6.48. The van der Waals surface area contributed by atoms with Gasteiger partial charge in [-0.25, -0.2) is 4.39 Å². The van der Waals surface area contributed by atoms with Crippen LogP contribution in [-0.4, -0.2) is 16.8 Å². The maximum absolute atomic E-state index is 13.6. The minimum Gasteiger partial charge on any atom is -0.347 e. The average molecular weight is 367 g/mol. The summed E-state index contributed by atoms with van der Waals surface area (Å²) in [6.45, 7) is 3.81. The number of halogens is 3. The van der Waals surface area contributed by atoms with Crippen molar-refractivity contribution in [2.75, 3.05) is 5.33 Å². The molecule has 0 saturated heterocycles. The molecule has 0 aliphatic carbocycles. The number of hydrogen-bond donors (Lipinski definition) is 1. The van der Waals surface area contributed by atoms with E-state index in [-0.39, 0.29) is 17.0 Å². The fourth-order valence-electron chi connectivity index (χ4n) is 1.35. The molecule has 0 bridgehead atoms. The Kier molecular flexibility index (Phi) is 5.13. The van der Waals surface area contributed by atoms with E-state index in [0.717, 1.165) is 11.8 Å². The van der Waals surface area contributed by atoms with Crippen molar-refractivity contribution in [1.29, 1.82) is 0 Å². The third kappa shape index (κ3) is 4.39. The Balaban J connectivity index is 2.83. The topological polar surface area (TPSA) is 29.1 Å². The molecule has 0 unspecified atom stereocenters. The van der Waals surface area contributed by atoms with Crippen LogP contribution in [0.25, 0.3) is 0 Å². The summed E-state index contributed by atoms with van der Waals surface area (Å²) in [7, 11) is 0. The first-order chi connectivity index (χ1) is 7.85. The molecule has 0 heterocycles. The smallest absolute Gasteiger partial charge is 0.254 e. The molecule has 0 spiro atoms. The lowest BCUT2D eigenvalue weighted by atomic mass is 10.0. The van der Waals surface area contributed by atoms with Crippen LogP contribution in [0.5, 0.6) is 0 Å². The quantitative estimate of drug-likeness (QED) is 0.805. The van der Waals surface area contributed by atoms with E-state index in [1.165, 1.54) is 12.1 Å². The molecular formula is C12H14Br2FNO. The Labute approximate surface area is 117 Å². The number of nitrogens with one attached hydrogen (secondary N) is 1. The van der Waals surface area contributed by atoms with Gasteiger partial charge in [-0.05, 0) is 38.5 Å². The molecule has 17 heavy (non-hydrogen) atoms. The molecule has 0 fully saturated rings. The second-order valence-electron chi connectivity index (χ2n) is 4.40. The van der Waals surface area contributed by atoms with E-state index in [9.17, 15) is 9.18 Å². The average Bonchev–Trinajstić information content (AvgIpc) is 2.15. The SMILES string of the molecule is CC(C)(CCBr)NC(=O)c1ccc(Br)cc1F. The molecular weight excluding hydrogens is 353 g/mol. The summed E-state index contributed by atoms with van der Waals surface area (Å²) < 4.78 is 14.2. The molecule has 1 rings (SSSR count). The number of rotatable bonds is 4. The van der Waals surface area contributed by atoms with Crippen molar-refractivity contribution >= 4 is 37.8 Å². The number of hydrogen-bond acceptors (Lipinski definition) is 1. The molecule has 0 aromatic heterocycles. The predicted octanol–water partition coefficient (Wildman–Crippen LogP) is 3.88. The molecule has 1 N–H and O–H groups in total. The summed E-state index contributed by atoms with van der Waals surface area (Å²) in [5, 5.41) is 3.59. The van der Waals surface area contributed by atoms with Crippen LogP contribution in [-0.2, 0) is 0 Å². The Morgan fingerprint density at radius 1 is 1.47 bits per heavy atom.